The van der Waals surface area contributed by atoms with Crippen molar-refractivity contribution in [3.63, 3.8) is 0 Å². The van der Waals surface area contributed by atoms with Gasteiger partial charge in [-0.05, 0) is 17.5 Å². The first-order valence-corrected chi connectivity index (χ1v) is 6.16. The summed E-state index contributed by atoms with van der Waals surface area (Å²) in [6, 6.07) is 9.35. The number of ether oxygens (including phenoxy) is 1. The number of pyridine rings is 1. The zero-order valence-electron chi connectivity index (χ0n) is 10.9. The van der Waals surface area contributed by atoms with Crippen LogP contribution in [0.15, 0.2) is 45.8 Å². The van der Waals surface area contributed by atoms with Crippen LogP contribution in [-0.2, 0) is 17.9 Å². The molecule has 0 saturated carbocycles. The molecule has 0 aliphatic rings. The molecule has 0 aliphatic heterocycles. The zero-order chi connectivity index (χ0) is 13.9. The van der Waals surface area contributed by atoms with E-state index in [0.29, 0.717) is 17.1 Å². The molecule has 0 saturated heterocycles. The van der Waals surface area contributed by atoms with Crippen LogP contribution in [0.2, 0.25) is 0 Å². The Kier molecular flexibility index (Phi) is 3.30. The minimum Gasteiger partial charge on any atom is -0.377 e. The molecule has 0 radical (unpaired) electrons. The maximum absolute atomic E-state index is 12.3. The Labute approximate surface area is 114 Å². The average Bonchev–Trinajstić information content (AvgIpc) is 2.90. The monoisotopic (exact) mass is 271 g/mol. The third-order valence-corrected chi connectivity index (χ3v) is 2.98. The van der Waals surface area contributed by atoms with Crippen LogP contribution in [0.1, 0.15) is 11.7 Å². The summed E-state index contributed by atoms with van der Waals surface area (Å²) in [7, 11) is 1.56. The van der Waals surface area contributed by atoms with Gasteiger partial charge in [0.15, 0.2) is 5.82 Å². The first kappa shape index (κ1) is 12.6. The van der Waals surface area contributed by atoms with Gasteiger partial charge in [-0.25, -0.2) is 0 Å². The summed E-state index contributed by atoms with van der Waals surface area (Å²) < 4.78 is 11.6. The molecule has 20 heavy (non-hydrogen) atoms. The number of hydrogen-bond donors (Lipinski definition) is 0. The summed E-state index contributed by atoms with van der Waals surface area (Å²) in [4.78, 5) is 16.5. The van der Waals surface area contributed by atoms with Crippen molar-refractivity contribution in [3.8, 4) is 0 Å². The Morgan fingerprint density at radius 2 is 2.15 bits per heavy atom. The number of methoxy groups -OCH3 is 1. The Bertz CT molecular complexity index is 791. The highest BCUT2D eigenvalue weighted by atomic mass is 16.5. The molecule has 6 heteroatoms. The van der Waals surface area contributed by atoms with Crippen LogP contribution in [0.4, 0.5) is 0 Å². The molecule has 6 nitrogen and oxygen atoms in total. The minimum atomic E-state index is -0.0745. The molecule has 2 aromatic heterocycles. The molecule has 0 bridgehead atoms. The van der Waals surface area contributed by atoms with E-state index in [-0.39, 0.29) is 18.7 Å². The first-order chi connectivity index (χ1) is 9.78. The van der Waals surface area contributed by atoms with Crippen molar-refractivity contribution in [2.24, 2.45) is 0 Å². The summed E-state index contributed by atoms with van der Waals surface area (Å²) in [5.41, 5.74) is -0.0745. The van der Waals surface area contributed by atoms with Crippen LogP contribution in [-0.4, -0.2) is 21.8 Å². The predicted molar refractivity (Wildman–Crippen MR) is 72.3 cm³/mol. The van der Waals surface area contributed by atoms with Gasteiger partial charge in [0.2, 0.25) is 5.89 Å². The standard InChI is InChI=1S/C14H13N3O3/c1-19-9-12-15-13(20-16-12)8-17-7-6-10-4-2-3-5-11(10)14(17)18/h2-7H,8-9H2,1H3. The number of nitrogens with zero attached hydrogens (tertiary/aromatic N) is 3. The van der Waals surface area contributed by atoms with Crippen molar-refractivity contribution < 1.29 is 9.26 Å². The Hall–Kier alpha value is -2.47. The second-order valence-corrected chi connectivity index (χ2v) is 4.37. The molecule has 0 N–H and O–H groups in total. The molecular formula is C14H13N3O3. The van der Waals surface area contributed by atoms with Gasteiger partial charge in [-0.15, -0.1) is 0 Å². The fourth-order valence-electron chi connectivity index (χ4n) is 2.04. The first-order valence-electron chi connectivity index (χ1n) is 6.16. The van der Waals surface area contributed by atoms with Crippen LogP contribution >= 0.6 is 0 Å². The average molecular weight is 271 g/mol. The highest BCUT2D eigenvalue weighted by Crippen LogP contribution is 2.09. The molecular weight excluding hydrogens is 258 g/mol. The zero-order valence-corrected chi connectivity index (χ0v) is 10.9. The largest absolute Gasteiger partial charge is 0.377 e. The lowest BCUT2D eigenvalue weighted by Crippen LogP contribution is -2.20. The number of aromatic nitrogens is 3. The van der Waals surface area contributed by atoms with E-state index in [9.17, 15) is 4.79 Å². The fraction of sp³-hybridized carbons (Fsp3) is 0.214. The molecule has 2 heterocycles. The van der Waals surface area contributed by atoms with Crippen LogP contribution in [0.3, 0.4) is 0 Å². The number of fused-ring (bicyclic) bond motifs is 1. The van der Waals surface area contributed by atoms with Crippen molar-refractivity contribution >= 4 is 10.8 Å². The topological polar surface area (TPSA) is 70.2 Å². The van der Waals surface area contributed by atoms with E-state index in [1.54, 1.807) is 23.9 Å². The normalized spacial score (nSPS) is 11.1. The van der Waals surface area contributed by atoms with Gasteiger partial charge in [-0.2, -0.15) is 4.98 Å². The quantitative estimate of drug-likeness (QED) is 0.720. The van der Waals surface area contributed by atoms with Crippen molar-refractivity contribution in [3.05, 3.63) is 58.6 Å². The lowest BCUT2D eigenvalue weighted by molar-refractivity contribution is 0.174. The molecule has 102 valence electrons. The molecule has 0 spiro atoms. The molecule has 1 aromatic carbocycles. The van der Waals surface area contributed by atoms with Crippen LogP contribution in [0.5, 0.6) is 0 Å². The Balaban J connectivity index is 1.94. The smallest absolute Gasteiger partial charge is 0.258 e. The second kappa shape index (κ2) is 5.26. The molecule has 3 aromatic rings. The van der Waals surface area contributed by atoms with E-state index >= 15 is 0 Å². The van der Waals surface area contributed by atoms with Gasteiger partial charge >= 0.3 is 0 Å². The molecule has 0 atom stereocenters. The van der Waals surface area contributed by atoms with Crippen molar-refractivity contribution in [1.29, 1.82) is 0 Å². The highest BCUT2D eigenvalue weighted by molar-refractivity contribution is 5.81. The lowest BCUT2D eigenvalue weighted by atomic mass is 10.2. The Morgan fingerprint density at radius 1 is 1.30 bits per heavy atom. The molecule has 0 amide bonds. The van der Waals surface area contributed by atoms with E-state index < -0.39 is 0 Å². The van der Waals surface area contributed by atoms with Gasteiger partial charge in [-0.3, -0.25) is 4.79 Å². The van der Waals surface area contributed by atoms with Crippen molar-refractivity contribution in [2.75, 3.05) is 7.11 Å². The van der Waals surface area contributed by atoms with E-state index in [4.69, 9.17) is 9.26 Å². The van der Waals surface area contributed by atoms with Gasteiger partial charge < -0.3 is 13.8 Å². The SMILES string of the molecule is COCc1noc(Cn2ccc3ccccc3c2=O)n1. The summed E-state index contributed by atoms with van der Waals surface area (Å²) in [5.74, 6) is 0.853. The highest BCUT2D eigenvalue weighted by Gasteiger charge is 2.09. The second-order valence-electron chi connectivity index (χ2n) is 4.37. The number of rotatable bonds is 4. The fourth-order valence-corrected chi connectivity index (χ4v) is 2.04. The molecule has 0 fully saturated rings. The summed E-state index contributed by atoms with van der Waals surface area (Å²) in [6.07, 6.45) is 1.73. The predicted octanol–water partition coefficient (Wildman–Crippen LogP) is 1.58. The molecule has 0 aliphatic carbocycles. The third-order valence-electron chi connectivity index (χ3n) is 2.98. The van der Waals surface area contributed by atoms with E-state index in [1.165, 1.54) is 0 Å². The van der Waals surface area contributed by atoms with Gasteiger partial charge in [0.05, 0.1) is 0 Å². The van der Waals surface area contributed by atoms with Crippen molar-refractivity contribution in [2.45, 2.75) is 13.2 Å². The van der Waals surface area contributed by atoms with Gasteiger partial charge in [-0.1, -0.05) is 23.4 Å². The molecule has 3 rings (SSSR count). The minimum absolute atomic E-state index is 0.0745. The van der Waals surface area contributed by atoms with E-state index in [2.05, 4.69) is 10.1 Å². The van der Waals surface area contributed by atoms with Gasteiger partial charge in [0.25, 0.3) is 5.56 Å². The third kappa shape index (κ3) is 2.33. The van der Waals surface area contributed by atoms with E-state index in [1.807, 2.05) is 24.3 Å². The Morgan fingerprint density at radius 3 is 3.00 bits per heavy atom. The maximum atomic E-state index is 12.3. The van der Waals surface area contributed by atoms with E-state index in [0.717, 1.165) is 5.39 Å². The van der Waals surface area contributed by atoms with Crippen LogP contribution < -0.4 is 5.56 Å². The van der Waals surface area contributed by atoms with Crippen LogP contribution in [0, 0.1) is 0 Å². The molecule has 0 unspecified atom stereocenters. The maximum Gasteiger partial charge on any atom is 0.258 e. The van der Waals surface area contributed by atoms with Crippen LogP contribution in [0.25, 0.3) is 10.8 Å². The van der Waals surface area contributed by atoms with Gasteiger partial charge in [0.1, 0.15) is 13.2 Å². The number of hydrogen-bond acceptors (Lipinski definition) is 5. The van der Waals surface area contributed by atoms with Gasteiger partial charge in [0, 0.05) is 18.7 Å². The lowest BCUT2D eigenvalue weighted by Gasteiger charge is -2.03. The van der Waals surface area contributed by atoms with Crippen molar-refractivity contribution in [1.82, 2.24) is 14.7 Å². The number of benzene rings is 1. The summed E-state index contributed by atoms with van der Waals surface area (Å²) in [6.45, 7) is 0.538. The summed E-state index contributed by atoms with van der Waals surface area (Å²) >= 11 is 0. The summed E-state index contributed by atoms with van der Waals surface area (Å²) in [5, 5.41) is 5.36.